The fourth-order valence-electron chi connectivity index (χ4n) is 0.817. The zero-order valence-electron chi connectivity index (χ0n) is 5.94. The molecular weight excluding hydrogens is 171 g/mol. The van der Waals surface area contributed by atoms with Crippen molar-refractivity contribution in [2.45, 2.75) is 6.61 Å². The molecular formula is C7H6F3NO. The highest BCUT2D eigenvalue weighted by Gasteiger charge is 2.15. The van der Waals surface area contributed by atoms with E-state index in [1.807, 2.05) is 0 Å². The molecule has 5 heteroatoms. The Kier molecular flexibility index (Phi) is 2.23. The Balaban J connectivity index is 3.42. The van der Waals surface area contributed by atoms with E-state index in [1.54, 1.807) is 0 Å². The Hall–Kier alpha value is -1.23. The molecule has 2 nitrogen and oxygen atoms in total. The van der Waals surface area contributed by atoms with Gasteiger partial charge in [0.05, 0.1) is 17.9 Å². The Morgan fingerprint density at radius 2 is 1.83 bits per heavy atom. The molecule has 0 unspecified atom stereocenters. The van der Waals surface area contributed by atoms with Crippen molar-refractivity contribution in [1.82, 2.24) is 0 Å². The van der Waals surface area contributed by atoms with Crippen molar-refractivity contribution in [2.24, 2.45) is 0 Å². The minimum atomic E-state index is -1.40. The third-order valence-corrected chi connectivity index (χ3v) is 1.43. The first-order valence-corrected chi connectivity index (χ1v) is 3.10. The summed E-state index contributed by atoms with van der Waals surface area (Å²) in [5, 5.41) is 8.45. The first-order valence-electron chi connectivity index (χ1n) is 3.10. The molecule has 1 rings (SSSR count). The van der Waals surface area contributed by atoms with Gasteiger partial charge in [-0.25, -0.2) is 13.2 Å². The van der Waals surface area contributed by atoms with Gasteiger partial charge < -0.3 is 10.8 Å². The van der Waals surface area contributed by atoms with Gasteiger partial charge in [-0.2, -0.15) is 0 Å². The standard InChI is InChI=1S/C7H6F3NO/c8-4-1-5(11)7(10)3(2-12)6(4)9/h1,12H,2,11H2. The molecule has 0 saturated heterocycles. The number of rotatable bonds is 1. The van der Waals surface area contributed by atoms with Crippen LogP contribution in [0.15, 0.2) is 6.07 Å². The van der Waals surface area contributed by atoms with Crippen LogP contribution in [-0.4, -0.2) is 5.11 Å². The summed E-state index contributed by atoms with van der Waals surface area (Å²) < 4.78 is 37.8. The molecule has 0 amide bonds. The van der Waals surface area contributed by atoms with Crippen LogP contribution in [0.25, 0.3) is 0 Å². The number of nitrogen functional groups attached to an aromatic ring is 1. The van der Waals surface area contributed by atoms with E-state index < -0.39 is 35.3 Å². The van der Waals surface area contributed by atoms with Gasteiger partial charge >= 0.3 is 0 Å². The quantitative estimate of drug-likeness (QED) is 0.499. The van der Waals surface area contributed by atoms with Crippen LogP contribution >= 0.6 is 0 Å². The van der Waals surface area contributed by atoms with Crippen LogP contribution in [0.3, 0.4) is 0 Å². The number of hydrogen-bond donors (Lipinski definition) is 2. The summed E-state index contributed by atoms with van der Waals surface area (Å²) in [6, 6.07) is 0.532. The van der Waals surface area contributed by atoms with Gasteiger partial charge in [-0.3, -0.25) is 0 Å². The molecule has 1 aromatic rings. The fraction of sp³-hybridized carbons (Fsp3) is 0.143. The van der Waals surface area contributed by atoms with Crippen molar-refractivity contribution >= 4 is 5.69 Å². The molecule has 0 atom stereocenters. The summed E-state index contributed by atoms with van der Waals surface area (Å²) >= 11 is 0. The first kappa shape index (κ1) is 8.86. The lowest BCUT2D eigenvalue weighted by molar-refractivity contribution is 0.266. The van der Waals surface area contributed by atoms with Crippen molar-refractivity contribution in [3.63, 3.8) is 0 Å². The van der Waals surface area contributed by atoms with Crippen LogP contribution in [0.2, 0.25) is 0 Å². The van der Waals surface area contributed by atoms with Gasteiger partial charge in [0.2, 0.25) is 0 Å². The topological polar surface area (TPSA) is 46.2 Å². The summed E-state index contributed by atoms with van der Waals surface area (Å²) in [6.07, 6.45) is 0. The van der Waals surface area contributed by atoms with E-state index in [0.717, 1.165) is 0 Å². The predicted molar refractivity (Wildman–Crippen MR) is 36.7 cm³/mol. The molecule has 0 spiro atoms. The van der Waals surface area contributed by atoms with E-state index >= 15 is 0 Å². The molecule has 3 N–H and O–H groups in total. The highest BCUT2D eigenvalue weighted by molar-refractivity contribution is 5.44. The Labute approximate surface area is 66.4 Å². The number of aliphatic hydroxyl groups excluding tert-OH is 1. The van der Waals surface area contributed by atoms with Crippen molar-refractivity contribution in [2.75, 3.05) is 5.73 Å². The van der Waals surface area contributed by atoms with Gasteiger partial charge in [-0.15, -0.1) is 0 Å². The second kappa shape index (κ2) is 3.02. The molecule has 66 valence electrons. The van der Waals surface area contributed by atoms with E-state index in [2.05, 4.69) is 0 Å². The molecule has 0 bridgehead atoms. The first-order chi connectivity index (χ1) is 5.57. The van der Waals surface area contributed by atoms with E-state index in [-0.39, 0.29) is 0 Å². The zero-order chi connectivity index (χ0) is 9.30. The smallest absolute Gasteiger partial charge is 0.167 e. The van der Waals surface area contributed by atoms with Crippen LogP contribution in [0.5, 0.6) is 0 Å². The Morgan fingerprint density at radius 3 is 2.33 bits per heavy atom. The fourth-order valence-corrected chi connectivity index (χ4v) is 0.817. The molecule has 0 heterocycles. The summed E-state index contributed by atoms with van der Waals surface area (Å²) in [6.45, 7) is -0.917. The predicted octanol–water partition coefficient (Wildman–Crippen LogP) is 1.18. The van der Waals surface area contributed by atoms with Gasteiger partial charge in [0.15, 0.2) is 17.5 Å². The van der Waals surface area contributed by atoms with Gasteiger partial charge in [-0.1, -0.05) is 0 Å². The van der Waals surface area contributed by atoms with Gasteiger partial charge in [0, 0.05) is 6.07 Å². The van der Waals surface area contributed by atoms with Crippen molar-refractivity contribution in [1.29, 1.82) is 0 Å². The second-order valence-electron chi connectivity index (χ2n) is 2.21. The summed E-state index contributed by atoms with van der Waals surface area (Å²) in [5.41, 5.74) is 3.71. The molecule has 0 aliphatic rings. The van der Waals surface area contributed by atoms with Gasteiger partial charge in [0.1, 0.15) is 0 Å². The summed E-state index contributed by atoms with van der Waals surface area (Å²) in [5.74, 6) is -3.78. The van der Waals surface area contributed by atoms with Crippen LogP contribution < -0.4 is 5.73 Å². The third-order valence-electron chi connectivity index (χ3n) is 1.43. The van der Waals surface area contributed by atoms with Gasteiger partial charge in [0.25, 0.3) is 0 Å². The number of aliphatic hydroxyl groups is 1. The highest BCUT2D eigenvalue weighted by atomic mass is 19.2. The molecule has 1 aromatic carbocycles. The number of anilines is 1. The minimum absolute atomic E-state index is 0.516. The third kappa shape index (κ3) is 1.23. The maximum Gasteiger partial charge on any atom is 0.167 e. The monoisotopic (exact) mass is 177 g/mol. The molecule has 0 aromatic heterocycles. The van der Waals surface area contributed by atoms with E-state index in [0.29, 0.717) is 6.07 Å². The number of hydrogen-bond acceptors (Lipinski definition) is 2. The van der Waals surface area contributed by atoms with Gasteiger partial charge in [-0.05, 0) is 0 Å². The largest absolute Gasteiger partial charge is 0.396 e. The van der Waals surface area contributed by atoms with Crippen LogP contribution in [0, 0.1) is 17.5 Å². The average molecular weight is 177 g/mol. The maximum atomic E-state index is 12.8. The zero-order valence-corrected chi connectivity index (χ0v) is 5.94. The molecule has 0 radical (unpaired) electrons. The lowest BCUT2D eigenvalue weighted by Crippen LogP contribution is -2.03. The molecule has 0 saturated carbocycles. The second-order valence-corrected chi connectivity index (χ2v) is 2.21. The van der Waals surface area contributed by atoms with Crippen molar-refractivity contribution in [3.8, 4) is 0 Å². The molecule has 12 heavy (non-hydrogen) atoms. The van der Waals surface area contributed by atoms with E-state index in [9.17, 15) is 13.2 Å². The SMILES string of the molecule is Nc1cc(F)c(F)c(CO)c1F. The highest BCUT2D eigenvalue weighted by Crippen LogP contribution is 2.21. The van der Waals surface area contributed by atoms with Crippen LogP contribution in [0.4, 0.5) is 18.9 Å². The summed E-state index contributed by atoms with van der Waals surface area (Å²) in [4.78, 5) is 0. The summed E-state index contributed by atoms with van der Waals surface area (Å²) in [7, 11) is 0. The molecule has 0 fully saturated rings. The van der Waals surface area contributed by atoms with E-state index in [1.165, 1.54) is 0 Å². The van der Waals surface area contributed by atoms with E-state index in [4.69, 9.17) is 10.8 Å². The average Bonchev–Trinajstić information content (AvgIpc) is 2.02. The van der Waals surface area contributed by atoms with Crippen LogP contribution in [-0.2, 0) is 6.61 Å². The minimum Gasteiger partial charge on any atom is -0.396 e. The lowest BCUT2D eigenvalue weighted by Gasteiger charge is -2.04. The number of benzene rings is 1. The molecule has 0 aliphatic carbocycles. The van der Waals surface area contributed by atoms with Crippen molar-refractivity contribution < 1.29 is 18.3 Å². The Bertz CT molecular complexity index is 288. The number of nitrogens with two attached hydrogens (primary N) is 1. The molecule has 0 aliphatic heterocycles. The maximum absolute atomic E-state index is 12.8. The van der Waals surface area contributed by atoms with Crippen LogP contribution in [0.1, 0.15) is 5.56 Å². The number of halogens is 3. The normalized spacial score (nSPS) is 10.3. The van der Waals surface area contributed by atoms with Crippen molar-refractivity contribution in [3.05, 3.63) is 29.1 Å². The lowest BCUT2D eigenvalue weighted by atomic mass is 10.2. The Morgan fingerprint density at radius 1 is 1.25 bits per heavy atom.